The van der Waals surface area contributed by atoms with Crippen molar-refractivity contribution in [1.82, 2.24) is 4.98 Å². The van der Waals surface area contributed by atoms with Gasteiger partial charge in [-0.05, 0) is 25.1 Å². The molecule has 2 aromatic rings. The molecule has 1 aromatic carbocycles. The van der Waals surface area contributed by atoms with E-state index in [9.17, 15) is 9.18 Å². The van der Waals surface area contributed by atoms with E-state index in [0.717, 1.165) is 11.3 Å². The minimum absolute atomic E-state index is 0.376. The van der Waals surface area contributed by atoms with Crippen molar-refractivity contribution in [2.75, 3.05) is 0 Å². The van der Waals surface area contributed by atoms with E-state index in [4.69, 9.17) is 4.74 Å². The average Bonchev–Trinajstić information content (AvgIpc) is 2.32. The topological polar surface area (TPSA) is 39.2 Å². The number of benzene rings is 1. The third kappa shape index (κ3) is 2.45. The molecule has 94 valence electrons. The Morgan fingerprint density at radius 1 is 1.50 bits per heavy atom. The molecule has 0 bridgehead atoms. The minimum Gasteiger partial charge on any atom is -0.426 e. The second kappa shape index (κ2) is 5.17. The van der Waals surface area contributed by atoms with Crippen LogP contribution in [-0.4, -0.2) is 11.0 Å². The van der Waals surface area contributed by atoms with Gasteiger partial charge < -0.3 is 4.74 Å². The summed E-state index contributed by atoms with van der Waals surface area (Å²) < 4.78 is 19.2. The minimum atomic E-state index is -0.422. The Balaban J connectivity index is 2.78. The Kier molecular flexibility index (Phi) is 3.79. The molecule has 3 nitrogen and oxygen atoms in total. The maximum absolute atomic E-state index is 13.3. The van der Waals surface area contributed by atoms with Crippen molar-refractivity contribution in [1.29, 1.82) is 0 Å². The summed E-state index contributed by atoms with van der Waals surface area (Å²) in [6.45, 7) is 3.15. The number of esters is 1. The van der Waals surface area contributed by atoms with Crippen LogP contribution in [0.3, 0.4) is 0 Å². The zero-order valence-corrected chi connectivity index (χ0v) is 12.1. The van der Waals surface area contributed by atoms with Crippen molar-refractivity contribution >= 4 is 39.5 Å². The van der Waals surface area contributed by atoms with E-state index >= 15 is 0 Å². The molecule has 0 spiro atoms. The number of pyridine rings is 1. The smallest absolute Gasteiger partial charge is 0.308 e. The third-order valence-electron chi connectivity index (χ3n) is 2.60. The highest BCUT2D eigenvalue weighted by molar-refractivity contribution is 14.1. The van der Waals surface area contributed by atoms with Crippen molar-refractivity contribution in [2.45, 2.75) is 18.3 Å². The van der Waals surface area contributed by atoms with Gasteiger partial charge in [-0.25, -0.2) is 4.39 Å². The first-order valence-electron chi connectivity index (χ1n) is 5.36. The molecule has 5 heteroatoms. The van der Waals surface area contributed by atoms with E-state index in [2.05, 4.69) is 27.6 Å². The Labute approximate surface area is 117 Å². The van der Waals surface area contributed by atoms with Gasteiger partial charge in [-0.1, -0.05) is 22.6 Å². The molecule has 0 fully saturated rings. The maximum Gasteiger partial charge on any atom is 0.308 e. The van der Waals surface area contributed by atoms with Gasteiger partial charge in [-0.3, -0.25) is 9.78 Å². The number of carbonyl (C=O) groups excluding carboxylic acids is 1. The average molecular weight is 359 g/mol. The quantitative estimate of drug-likeness (QED) is 0.468. The zero-order valence-electron chi connectivity index (χ0n) is 9.96. The van der Waals surface area contributed by atoms with Crippen LogP contribution in [0, 0.1) is 12.7 Å². The molecule has 0 aliphatic carbocycles. The molecule has 1 heterocycles. The number of hydrogen-bond acceptors (Lipinski definition) is 3. The van der Waals surface area contributed by atoms with Crippen LogP contribution < -0.4 is 4.74 Å². The van der Waals surface area contributed by atoms with Crippen LogP contribution in [-0.2, 0) is 9.22 Å². The fourth-order valence-electron chi connectivity index (χ4n) is 1.76. The van der Waals surface area contributed by atoms with Gasteiger partial charge in [0.1, 0.15) is 11.6 Å². The summed E-state index contributed by atoms with van der Waals surface area (Å²) in [6, 6.07) is 4.27. The Morgan fingerprint density at radius 2 is 2.22 bits per heavy atom. The summed E-state index contributed by atoms with van der Waals surface area (Å²) in [5.74, 6) is -0.396. The van der Waals surface area contributed by atoms with Crippen molar-refractivity contribution in [2.24, 2.45) is 0 Å². The summed E-state index contributed by atoms with van der Waals surface area (Å²) in [7, 11) is 0. The van der Waals surface area contributed by atoms with Crippen LogP contribution in [0.1, 0.15) is 18.2 Å². The molecule has 0 radical (unpaired) electrons. The van der Waals surface area contributed by atoms with Gasteiger partial charge in [0.05, 0.1) is 11.2 Å². The van der Waals surface area contributed by atoms with E-state index in [0.29, 0.717) is 21.1 Å². The number of ether oxygens (including phenoxy) is 1. The van der Waals surface area contributed by atoms with E-state index in [1.54, 1.807) is 6.07 Å². The Bertz CT molecular complexity index is 628. The Hall–Kier alpha value is -1.24. The summed E-state index contributed by atoms with van der Waals surface area (Å²) >= 11 is 2.19. The number of carbonyl (C=O) groups is 1. The van der Waals surface area contributed by atoms with Crippen molar-refractivity contribution in [3.8, 4) is 5.75 Å². The third-order valence-corrected chi connectivity index (χ3v) is 3.33. The predicted octanol–water partition coefficient (Wildman–Crippen LogP) is 3.54. The van der Waals surface area contributed by atoms with Gasteiger partial charge in [0.2, 0.25) is 0 Å². The predicted molar refractivity (Wildman–Crippen MR) is 75.5 cm³/mol. The molecule has 2 rings (SSSR count). The lowest BCUT2D eigenvalue weighted by atomic mass is 10.1. The van der Waals surface area contributed by atoms with Crippen molar-refractivity contribution in [3.63, 3.8) is 0 Å². The van der Waals surface area contributed by atoms with Gasteiger partial charge in [0, 0.05) is 22.3 Å². The molecular formula is C13H11FINO2. The lowest BCUT2D eigenvalue weighted by Gasteiger charge is -2.12. The van der Waals surface area contributed by atoms with Crippen LogP contribution in [0.15, 0.2) is 18.2 Å². The molecule has 0 aliphatic rings. The normalized spacial score (nSPS) is 10.7. The van der Waals surface area contributed by atoms with E-state index in [1.807, 2.05) is 6.92 Å². The number of hydrogen-bond donors (Lipinski definition) is 0. The van der Waals surface area contributed by atoms with Gasteiger partial charge in [-0.15, -0.1) is 0 Å². The molecule has 0 N–H and O–H groups in total. The van der Waals surface area contributed by atoms with Crippen molar-refractivity contribution < 1.29 is 13.9 Å². The molecule has 1 aromatic heterocycles. The highest BCUT2D eigenvalue weighted by Crippen LogP contribution is 2.31. The van der Waals surface area contributed by atoms with Gasteiger partial charge >= 0.3 is 5.97 Å². The molecule has 0 amide bonds. The number of fused-ring (bicyclic) bond motifs is 1. The molecule has 18 heavy (non-hydrogen) atoms. The summed E-state index contributed by atoms with van der Waals surface area (Å²) in [4.78, 5) is 15.6. The molecule has 0 aliphatic heterocycles. The lowest BCUT2D eigenvalue weighted by molar-refractivity contribution is -0.131. The highest BCUT2D eigenvalue weighted by atomic mass is 127. The molecule has 0 unspecified atom stereocenters. The van der Waals surface area contributed by atoms with E-state index < -0.39 is 5.97 Å². The van der Waals surface area contributed by atoms with Crippen LogP contribution in [0.2, 0.25) is 0 Å². The Morgan fingerprint density at radius 3 is 2.83 bits per heavy atom. The second-order valence-corrected chi connectivity index (χ2v) is 4.66. The molecular weight excluding hydrogens is 348 g/mol. The van der Waals surface area contributed by atoms with Crippen LogP contribution in [0.25, 0.3) is 10.9 Å². The van der Waals surface area contributed by atoms with E-state index in [-0.39, 0.29) is 5.82 Å². The zero-order chi connectivity index (χ0) is 13.3. The maximum atomic E-state index is 13.3. The van der Waals surface area contributed by atoms with Crippen LogP contribution in [0.5, 0.6) is 5.75 Å². The first-order chi connectivity index (χ1) is 8.52. The van der Waals surface area contributed by atoms with Crippen LogP contribution >= 0.6 is 22.6 Å². The monoisotopic (exact) mass is 359 g/mol. The van der Waals surface area contributed by atoms with Crippen molar-refractivity contribution in [3.05, 3.63) is 35.3 Å². The first-order valence-corrected chi connectivity index (χ1v) is 6.88. The molecule has 0 saturated carbocycles. The fourth-order valence-corrected chi connectivity index (χ4v) is 2.50. The van der Waals surface area contributed by atoms with Crippen LogP contribution in [0.4, 0.5) is 4.39 Å². The number of aromatic nitrogens is 1. The molecule has 0 atom stereocenters. The second-order valence-electron chi connectivity index (χ2n) is 3.90. The number of halogens is 2. The first kappa shape index (κ1) is 13.2. The SMILES string of the molecule is CC(=O)Oc1c(C)c(CI)nc2ccc(F)cc12. The van der Waals surface area contributed by atoms with Gasteiger partial charge in [0.25, 0.3) is 0 Å². The summed E-state index contributed by atoms with van der Waals surface area (Å²) in [5, 5.41) is 0.524. The number of rotatable bonds is 2. The highest BCUT2D eigenvalue weighted by Gasteiger charge is 2.14. The lowest BCUT2D eigenvalue weighted by Crippen LogP contribution is -2.06. The van der Waals surface area contributed by atoms with Gasteiger partial charge in [0.15, 0.2) is 0 Å². The van der Waals surface area contributed by atoms with Gasteiger partial charge in [-0.2, -0.15) is 0 Å². The number of alkyl halides is 1. The molecule has 0 saturated heterocycles. The summed E-state index contributed by atoms with van der Waals surface area (Å²) in [6.07, 6.45) is 0. The summed E-state index contributed by atoms with van der Waals surface area (Å²) in [5.41, 5.74) is 2.24. The number of nitrogens with zero attached hydrogens (tertiary/aromatic N) is 1. The fraction of sp³-hybridized carbons (Fsp3) is 0.231. The standard InChI is InChI=1S/C13H11FINO2/c1-7-12(6-15)16-11-4-3-9(14)5-10(11)13(7)18-8(2)17/h3-5H,6H2,1-2H3. The van der Waals surface area contributed by atoms with E-state index in [1.165, 1.54) is 19.1 Å². The largest absolute Gasteiger partial charge is 0.426 e.